The third-order valence-electron chi connectivity index (χ3n) is 4.52. The SMILES string of the molecule is CCNS(=O)(=O)c1ccc2nc(-c3ccc(F)cc3)c(-c3ccc(F)cc3)nc2c1. The maximum atomic E-state index is 13.4. The molecule has 1 N–H and O–H groups in total. The molecule has 0 atom stereocenters. The molecule has 0 spiro atoms. The van der Waals surface area contributed by atoms with Crippen LogP contribution in [-0.2, 0) is 10.0 Å². The summed E-state index contributed by atoms with van der Waals surface area (Å²) in [6.07, 6.45) is 0. The number of nitrogens with one attached hydrogen (secondary N) is 1. The quantitative estimate of drug-likeness (QED) is 0.510. The van der Waals surface area contributed by atoms with Gasteiger partial charge in [0.2, 0.25) is 10.0 Å². The van der Waals surface area contributed by atoms with E-state index in [0.717, 1.165) is 0 Å². The van der Waals surface area contributed by atoms with Gasteiger partial charge in [0.25, 0.3) is 0 Å². The van der Waals surface area contributed by atoms with Crippen molar-refractivity contribution in [1.82, 2.24) is 14.7 Å². The van der Waals surface area contributed by atoms with E-state index < -0.39 is 15.8 Å². The van der Waals surface area contributed by atoms with Crippen molar-refractivity contribution in [1.29, 1.82) is 0 Å². The van der Waals surface area contributed by atoms with Gasteiger partial charge in [-0.15, -0.1) is 0 Å². The molecule has 30 heavy (non-hydrogen) atoms. The van der Waals surface area contributed by atoms with Gasteiger partial charge in [-0.25, -0.2) is 31.9 Å². The van der Waals surface area contributed by atoms with Crippen molar-refractivity contribution >= 4 is 21.1 Å². The van der Waals surface area contributed by atoms with E-state index >= 15 is 0 Å². The van der Waals surface area contributed by atoms with Crippen LogP contribution in [0.4, 0.5) is 8.78 Å². The molecule has 3 aromatic carbocycles. The standard InChI is InChI=1S/C22H17F2N3O2S/c1-2-25-30(28,29)18-11-12-19-20(13-18)27-22(15-5-9-17(24)10-6-15)21(26-19)14-3-7-16(23)8-4-14/h3-13,25H,2H2,1H3. The summed E-state index contributed by atoms with van der Waals surface area (Å²) in [6.45, 7) is 1.95. The third-order valence-corrected chi connectivity index (χ3v) is 6.06. The Balaban J connectivity index is 1.96. The fourth-order valence-corrected chi connectivity index (χ4v) is 4.15. The van der Waals surface area contributed by atoms with Crippen LogP contribution in [0.2, 0.25) is 0 Å². The number of hydrogen-bond acceptors (Lipinski definition) is 4. The number of aromatic nitrogens is 2. The summed E-state index contributed by atoms with van der Waals surface area (Å²) in [6, 6.07) is 16.0. The van der Waals surface area contributed by atoms with Crippen molar-refractivity contribution in [3.8, 4) is 22.5 Å². The highest BCUT2D eigenvalue weighted by Gasteiger charge is 2.17. The summed E-state index contributed by atoms with van der Waals surface area (Å²) in [5, 5.41) is 0. The fourth-order valence-electron chi connectivity index (χ4n) is 3.09. The second-order valence-electron chi connectivity index (χ2n) is 6.59. The highest BCUT2D eigenvalue weighted by atomic mass is 32.2. The van der Waals surface area contributed by atoms with Crippen LogP contribution in [0.3, 0.4) is 0 Å². The lowest BCUT2D eigenvalue weighted by Crippen LogP contribution is -2.23. The molecule has 4 aromatic rings. The second kappa shape index (κ2) is 7.89. The lowest BCUT2D eigenvalue weighted by molar-refractivity contribution is 0.584. The first kappa shape index (κ1) is 20.1. The van der Waals surface area contributed by atoms with Gasteiger partial charge >= 0.3 is 0 Å². The van der Waals surface area contributed by atoms with Gasteiger partial charge in [0.1, 0.15) is 11.6 Å². The summed E-state index contributed by atoms with van der Waals surface area (Å²) >= 11 is 0. The normalized spacial score (nSPS) is 11.7. The van der Waals surface area contributed by atoms with E-state index in [1.165, 1.54) is 36.4 Å². The molecule has 1 heterocycles. The van der Waals surface area contributed by atoms with Gasteiger partial charge in [-0.3, -0.25) is 0 Å². The predicted octanol–water partition coefficient (Wildman–Crippen LogP) is 4.54. The van der Waals surface area contributed by atoms with Crippen molar-refractivity contribution in [2.45, 2.75) is 11.8 Å². The first-order valence-corrected chi connectivity index (χ1v) is 10.7. The summed E-state index contributed by atoms with van der Waals surface area (Å²) in [7, 11) is -3.66. The molecule has 0 unspecified atom stereocenters. The van der Waals surface area contributed by atoms with Crippen molar-refractivity contribution in [3.63, 3.8) is 0 Å². The highest BCUT2D eigenvalue weighted by molar-refractivity contribution is 7.89. The zero-order valence-corrected chi connectivity index (χ0v) is 16.7. The summed E-state index contributed by atoms with van der Waals surface area (Å²) in [5.41, 5.74) is 3.01. The lowest BCUT2D eigenvalue weighted by Gasteiger charge is -2.12. The lowest BCUT2D eigenvalue weighted by atomic mass is 10.0. The molecule has 0 bridgehead atoms. The Morgan fingerprint density at radius 1 is 0.767 bits per heavy atom. The van der Waals surface area contributed by atoms with E-state index in [4.69, 9.17) is 0 Å². The maximum Gasteiger partial charge on any atom is 0.240 e. The molecule has 5 nitrogen and oxygen atoms in total. The van der Waals surface area contributed by atoms with E-state index in [1.54, 1.807) is 37.3 Å². The molecule has 1 aromatic heterocycles. The molecule has 0 aliphatic carbocycles. The Hall–Kier alpha value is -3.23. The largest absolute Gasteiger partial charge is 0.244 e. The van der Waals surface area contributed by atoms with E-state index in [1.807, 2.05) is 0 Å². The van der Waals surface area contributed by atoms with Crippen LogP contribution in [0.1, 0.15) is 6.92 Å². The van der Waals surface area contributed by atoms with Gasteiger partial charge in [-0.2, -0.15) is 0 Å². The van der Waals surface area contributed by atoms with E-state index in [0.29, 0.717) is 33.5 Å². The Morgan fingerprint density at radius 3 is 1.77 bits per heavy atom. The minimum absolute atomic E-state index is 0.0748. The highest BCUT2D eigenvalue weighted by Crippen LogP contribution is 2.31. The predicted molar refractivity (Wildman–Crippen MR) is 111 cm³/mol. The smallest absolute Gasteiger partial charge is 0.240 e. The first-order chi connectivity index (χ1) is 14.4. The van der Waals surface area contributed by atoms with Gasteiger partial charge in [0, 0.05) is 17.7 Å². The summed E-state index contributed by atoms with van der Waals surface area (Å²) in [4.78, 5) is 9.36. The van der Waals surface area contributed by atoms with Crippen LogP contribution in [0.15, 0.2) is 71.6 Å². The molecule has 0 aliphatic heterocycles. The van der Waals surface area contributed by atoms with Gasteiger partial charge in [-0.05, 0) is 66.7 Å². The van der Waals surface area contributed by atoms with Crippen LogP contribution >= 0.6 is 0 Å². The topological polar surface area (TPSA) is 72.0 Å². The third kappa shape index (κ3) is 3.92. The number of halogens is 2. The maximum absolute atomic E-state index is 13.4. The molecular formula is C22H17F2N3O2S. The first-order valence-electron chi connectivity index (χ1n) is 9.21. The van der Waals surface area contributed by atoms with Gasteiger partial charge in [-0.1, -0.05) is 6.92 Å². The fraction of sp³-hybridized carbons (Fsp3) is 0.0909. The van der Waals surface area contributed by atoms with Crippen LogP contribution in [0.25, 0.3) is 33.5 Å². The number of nitrogens with zero attached hydrogens (tertiary/aromatic N) is 2. The zero-order chi connectivity index (χ0) is 21.3. The molecule has 0 aliphatic rings. The average Bonchev–Trinajstić information content (AvgIpc) is 2.73. The number of sulfonamides is 1. The minimum atomic E-state index is -3.66. The average molecular weight is 425 g/mol. The molecule has 0 saturated heterocycles. The van der Waals surface area contributed by atoms with E-state index in [2.05, 4.69) is 14.7 Å². The Kier molecular flexibility index (Phi) is 5.27. The van der Waals surface area contributed by atoms with Crippen LogP contribution in [0.5, 0.6) is 0 Å². The van der Waals surface area contributed by atoms with Crippen molar-refractivity contribution < 1.29 is 17.2 Å². The zero-order valence-electron chi connectivity index (χ0n) is 15.9. The molecule has 0 radical (unpaired) electrons. The monoisotopic (exact) mass is 425 g/mol. The van der Waals surface area contributed by atoms with Crippen LogP contribution < -0.4 is 4.72 Å². The molecule has 8 heteroatoms. The summed E-state index contributed by atoms with van der Waals surface area (Å²) in [5.74, 6) is -0.774. The van der Waals surface area contributed by atoms with Crippen molar-refractivity contribution in [2.75, 3.05) is 6.54 Å². The van der Waals surface area contributed by atoms with Gasteiger partial charge < -0.3 is 0 Å². The molecule has 152 valence electrons. The van der Waals surface area contributed by atoms with Crippen LogP contribution in [0, 0.1) is 11.6 Å². The van der Waals surface area contributed by atoms with Crippen LogP contribution in [-0.4, -0.2) is 24.9 Å². The Labute approximate surface area is 172 Å². The van der Waals surface area contributed by atoms with Gasteiger partial charge in [0.15, 0.2) is 0 Å². The molecule has 0 amide bonds. The molecular weight excluding hydrogens is 408 g/mol. The van der Waals surface area contributed by atoms with E-state index in [-0.39, 0.29) is 17.3 Å². The number of fused-ring (bicyclic) bond motifs is 1. The minimum Gasteiger partial charge on any atom is -0.244 e. The second-order valence-corrected chi connectivity index (χ2v) is 8.35. The Bertz CT molecular complexity index is 1320. The van der Waals surface area contributed by atoms with Crippen molar-refractivity contribution in [2.24, 2.45) is 0 Å². The summed E-state index contributed by atoms with van der Waals surface area (Å²) < 4.78 is 54.0. The van der Waals surface area contributed by atoms with E-state index in [9.17, 15) is 17.2 Å². The Morgan fingerprint density at radius 2 is 1.27 bits per heavy atom. The number of rotatable bonds is 5. The number of hydrogen-bond donors (Lipinski definition) is 1. The van der Waals surface area contributed by atoms with Gasteiger partial charge in [0.05, 0.1) is 27.3 Å². The molecule has 0 fully saturated rings. The molecule has 4 rings (SSSR count). The molecule has 0 saturated carbocycles. The van der Waals surface area contributed by atoms with Crippen molar-refractivity contribution in [3.05, 3.63) is 78.4 Å². The number of benzene rings is 3.